The van der Waals surface area contributed by atoms with E-state index in [0.29, 0.717) is 0 Å². The van der Waals surface area contributed by atoms with Crippen LogP contribution in [0.3, 0.4) is 0 Å². The number of hydrogen-bond acceptors (Lipinski definition) is 2. The van der Waals surface area contributed by atoms with Gasteiger partial charge >= 0.3 is 0 Å². The zero-order valence-electron chi connectivity index (χ0n) is 15.2. The zero-order chi connectivity index (χ0) is 18.8. The fourth-order valence-electron chi connectivity index (χ4n) is 3.42. The van der Waals surface area contributed by atoms with Crippen molar-refractivity contribution >= 4 is 68.5 Å². The third-order valence-corrected chi connectivity index (χ3v) is 6.53. The molecular weight excluding hydrogens is 376 g/mol. The molecule has 0 N–H and O–H groups in total. The van der Waals surface area contributed by atoms with E-state index in [0.717, 1.165) is 0 Å². The molecule has 0 aliphatic carbocycles. The van der Waals surface area contributed by atoms with Crippen molar-refractivity contribution in [3.05, 3.63) is 104 Å². The standard InChI is InChI=1S/C26H18S2/c1-3-23(27-15-1)13-7-19-5-9-21-11-12-22-10-6-20(18-26(22)25(21)17-19)8-14-24-4-2-16-28-24/h1-18H/b13-7+,14-8+. The van der Waals surface area contributed by atoms with Crippen molar-refractivity contribution in [2.24, 2.45) is 0 Å². The second-order valence-electron chi connectivity index (χ2n) is 6.72. The molecule has 0 unspecified atom stereocenters. The first-order valence-corrected chi connectivity index (χ1v) is 11.0. The summed E-state index contributed by atoms with van der Waals surface area (Å²) in [4.78, 5) is 2.55. The lowest BCUT2D eigenvalue weighted by atomic mass is 9.98. The first-order valence-electron chi connectivity index (χ1n) is 9.25. The van der Waals surface area contributed by atoms with Crippen LogP contribution in [0.4, 0.5) is 0 Å². The Morgan fingerprint density at radius 3 is 1.39 bits per heavy atom. The SMILES string of the molecule is C(=C\c1cccs1)/c1ccc2ccc3ccc(/C=C/c4cccs4)cc3c2c1. The molecule has 5 rings (SSSR count). The quantitative estimate of drug-likeness (QED) is 0.268. The Bertz CT molecular complexity index is 1180. The highest BCUT2D eigenvalue weighted by Crippen LogP contribution is 2.29. The van der Waals surface area contributed by atoms with Crippen molar-refractivity contribution in [3.63, 3.8) is 0 Å². The summed E-state index contributed by atoms with van der Waals surface area (Å²) in [5.74, 6) is 0. The molecule has 0 spiro atoms. The number of fused-ring (bicyclic) bond motifs is 3. The Labute approximate surface area is 172 Å². The lowest BCUT2D eigenvalue weighted by molar-refractivity contribution is 1.71. The van der Waals surface area contributed by atoms with Gasteiger partial charge in [0, 0.05) is 9.75 Å². The Morgan fingerprint density at radius 1 is 0.500 bits per heavy atom. The molecule has 5 aromatic rings. The van der Waals surface area contributed by atoms with Crippen LogP contribution in [0.1, 0.15) is 20.9 Å². The van der Waals surface area contributed by atoms with Crippen LogP contribution in [0, 0.1) is 0 Å². The van der Waals surface area contributed by atoms with Gasteiger partial charge in [-0.25, -0.2) is 0 Å². The van der Waals surface area contributed by atoms with E-state index in [9.17, 15) is 0 Å². The molecule has 134 valence electrons. The summed E-state index contributed by atoms with van der Waals surface area (Å²) in [7, 11) is 0. The van der Waals surface area contributed by atoms with Crippen LogP contribution in [0.2, 0.25) is 0 Å². The normalized spacial score (nSPS) is 12.0. The number of rotatable bonds is 4. The predicted octanol–water partition coefficient (Wildman–Crippen LogP) is 8.46. The molecule has 0 radical (unpaired) electrons. The summed E-state index contributed by atoms with van der Waals surface area (Å²) in [6.45, 7) is 0. The minimum Gasteiger partial charge on any atom is -0.144 e. The van der Waals surface area contributed by atoms with Crippen LogP contribution in [-0.2, 0) is 0 Å². The molecule has 3 aromatic carbocycles. The van der Waals surface area contributed by atoms with E-state index in [4.69, 9.17) is 0 Å². The predicted molar refractivity (Wildman–Crippen MR) is 128 cm³/mol. The summed E-state index contributed by atoms with van der Waals surface area (Å²) < 4.78 is 0. The molecule has 0 amide bonds. The minimum atomic E-state index is 1.23. The minimum absolute atomic E-state index is 1.23. The summed E-state index contributed by atoms with van der Waals surface area (Å²) in [5, 5.41) is 9.38. The summed E-state index contributed by atoms with van der Waals surface area (Å²) in [5.41, 5.74) is 2.46. The number of benzene rings is 3. The second-order valence-corrected chi connectivity index (χ2v) is 8.68. The van der Waals surface area contributed by atoms with Gasteiger partial charge in [-0.2, -0.15) is 0 Å². The van der Waals surface area contributed by atoms with Crippen LogP contribution < -0.4 is 0 Å². The highest BCUT2D eigenvalue weighted by atomic mass is 32.1. The van der Waals surface area contributed by atoms with Crippen LogP contribution in [0.15, 0.2) is 83.6 Å². The van der Waals surface area contributed by atoms with Gasteiger partial charge in [0.1, 0.15) is 0 Å². The van der Waals surface area contributed by atoms with Crippen molar-refractivity contribution in [3.8, 4) is 0 Å². The monoisotopic (exact) mass is 394 g/mol. The highest BCUT2D eigenvalue weighted by Gasteiger charge is 2.02. The van der Waals surface area contributed by atoms with Gasteiger partial charge in [0.05, 0.1) is 0 Å². The van der Waals surface area contributed by atoms with Crippen LogP contribution in [0.5, 0.6) is 0 Å². The third kappa shape index (κ3) is 3.57. The highest BCUT2D eigenvalue weighted by molar-refractivity contribution is 7.11. The molecule has 0 nitrogen and oxygen atoms in total. The van der Waals surface area contributed by atoms with Crippen molar-refractivity contribution in [2.75, 3.05) is 0 Å². The van der Waals surface area contributed by atoms with Gasteiger partial charge < -0.3 is 0 Å². The Morgan fingerprint density at radius 2 is 0.964 bits per heavy atom. The molecular formula is C26H18S2. The zero-order valence-corrected chi connectivity index (χ0v) is 16.8. The van der Waals surface area contributed by atoms with E-state index >= 15 is 0 Å². The lowest BCUT2D eigenvalue weighted by Crippen LogP contribution is -1.81. The topological polar surface area (TPSA) is 0 Å². The van der Waals surface area contributed by atoms with Gasteiger partial charge in [-0.1, -0.05) is 60.7 Å². The largest absolute Gasteiger partial charge is 0.144 e. The van der Waals surface area contributed by atoms with E-state index in [1.54, 1.807) is 22.7 Å². The first kappa shape index (κ1) is 17.2. The van der Waals surface area contributed by atoms with E-state index < -0.39 is 0 Å². The maximum Gasteiger partial charge on any atom is 0.0270 e. The van der Waals surface area contributed by atoms with Crippen molar-refractivity contribution in [2.45, 2.75) is 0 Å². The van der Waals surface area contributed by atoms with Gasteiger partial charge in [0.15, 0.2) is 0 Å². The molecule has 0 atom stereocenters. The van der Waals surface area contributed by atoms with Gasteiger partial charge in [-0.15, -0.1) is 22.7 Å². The molecule has 0 saturated carbocycles. The molecule has 0 saturated heterocycles. The molecule has 28 heavy (non-hydrogen) atoms. The Kier molecular flexibility index (Phi) is 4.66. The average molecular weight is 395 g/mol. The fraction of sp³-hybridized carbons (Fsp3) is 0. The molecule has 2 heteroatoms. The lowest BCUT2D eigenvalue weighted by Gasteiger charge is -2.06. The smallest absolute Gasteiger partial charge is 0.0270 e. The van der Waals surface area contributed by atoms with Gasteiger partial charge in [0.2, 0.25) is 0 Å². The summed E-state index contributed by atoms with van der Waals surface area (Å²) in [6.07, 6.45) is 8.77. The van der Waals surface area contributed by atoms with Crippen molar-refractivity contribution in [1.29, 1.82) is 0 Å². The maximum atomic E-state index is 2.30. The number of hydrogen-bond donors (Lipinski definition) is 0. The van der Waals surface area contributed by atoms with E-state index in [-0.39, 0.29) is 0 Å². The van der Waals surface area contributed by atoms with Gasteiger partial charge in [-0.05, 0) is 79.8 Å². The van der Waals surface area contributed by atoms with E-state index in [2.05, 4.69) is 108 Å². The first-order chi connectivity index (χ1) is 13.8. The van der Waals surface area contributed by atoms with Crippen molar-refractivity contribution < 1.29 is 0 Å². The van der Waals surface area contributed by atoms with Crippen LogP contribution in [0.25, 0.3) is 45.8 Å². The molecule has 0 aliphatic rings. The molecule has 2 heterocycles. The Balaban J connectivity index is 1.58. The molecule has 0 fully saturated rings. The van der Waals surface area contributed by atoms with E-state index in [1.807, 2.05) is 0 Å². The second kappa shape index (κ2) is 7.59. The molecule has 0 bridgehead atoms. The van der Waals surface area contributed by atoms with E-state index in [1.165, 1.54) is 42.4 Å². The van der Waals surface area contributed by atoms with Crippen LogP contribution >= 0.6 is 22.7 Å². The fourth-order valence-corrected chi connectivity index (χ4v) is 4.66. The number of thiophene rings is 2. The van der Waals surface area contributed by atoms with Gasteiger partial charge in [-0.3, -0.25) is 0 Å². The molecule has 0 aliphatic heterocycles. The van der Waals surface area contributed by atoms with Gasteiger partial charge in [0.25, 0.3) is 0 Å². The summed E-state index contributed by atoms with van der Waals surface area (Å²) >= 11 is 3.52. The van der Waals surface area contributed by atoms with Crippen molar-refractivity contribution in [1.82, 2.24) is 0 Å². The summed E-state index contributed by atoms with van der Waals surface area (Å²) in [6, 6.07) is 26.3. The third-order valence-electron chi connectivity index (χ3n) is 4.85. The molecule has 2 aromatic heterocycles. The maximum absolute atomic E-state index is 2.30. The average Bonchev–Trinajstić information content (AvgIpc) is 3.44. The Hall–Kier alpha value is -2.94. The van der Waals surface area contributed by atoms with Crippen LogP contribution in [-0.4, -0.2) is 0 Å².